The second-order valence-corrected chi connectivity index (χ2v) is 7.83. The number of amides is 1. The van der Waals surface area contributed by atoms with Crippen LogP contribution in [0, 0.1) is 0 Å². The van der Waals surface area contributed by atoms with Crippen LogP contribution in [0.2, 0.25) is 0 Å². The van der Waals surface area contributed by atoms with Gasteiger partial charge in [-0.15, -0.1) is 0 Å². The first kappa shape index (κ1) is 19.2. The lowest BCUT2D eigenvalue weighted by atomic mass is 9.79. The van der Waals surface area contributed by atoms with Crippen LogP contribution >= 0.6 is 0 Å². The van der Waals surface area contributed by atoms with Gasteiger partial charge in [0.1, 0.15) is 5.75 Å². The topological polar surface area (TPSA) is 58.8 Å². The highest BCUT2D eigenvalue weighted by molar-refractivity contribution is 5.70. The van der Waals surface area contributed by atoms with Gasteiger partial charge in [-0.25, -0.2) is 4.79 Å². The highest BCUT2D eigenvalue weighted by atomic mass is 16.6. The molecule has 1 aromatic carbocycles. The van der Waals surface area contributed by atoms with E-state index in [1.807, 2.05) is 12.1 Å². The first-order chi connectivity index (χ1) is 12.6. The second-order valence-electron chi connectivity index (χ2n) is 7.83. The summed E-state index contributed by atoms with van der Waals surface area (Å²) >= 11 is 0. The van der Waals surface area contributed by atoms with Gasteiger partial charge < -0.3 is 15.4 Å². The summed E-state index contributed by atoms with van der Waals surface area (Å²) in [5.74, 6) is 1.33. The van der Waals surface area contributed by atoms with E-state index in [0.29, 0.717) is 12.0 Å². The Hall–Kier alpha value is -1.59. The quantitative estimate of drug-likeness (QED) is 0.758. The Morgan fingerprint density at radius 2 is 2.04 bits per heavy atom. The van der Waals surface area contributed by atoms with Crippen molar-refractivity contribution in [3.63, 3.8) is 0 Å². The predicted octanol–water partition coefficient (Wildman–Crippen LogP) is 3.37. The molecule has 0 spiro atoms. The molecule has 144 valence electrons. The van der Waals surface area contributed by atoms with Crippen LogP contribution in [0.1, 0.15) is 55.6 Å². The average Bonchev–Trinajstić information content (AvgIpc) is 3.05. The van der Waals surface area contributed by atoms with Crippen LogP contribution < -0.4 is 10.5 Å². The number of rotatable bonds is 7. The van der Waals surface area contributed by atoms with Crippen LogP contribution in [0.3, 0.4) is 0 Å². The number of carbonyl (C=O) groups is 1. The number of hydrogen-bond donors (Lipinski definition) is 1. The van der Waals surface area contributed by atoms with E-state index in [1.165, 1.54) is 54.8 Å². The van der Waals surface area contributed by atoms with Gasteiger partial charge in [-0.1, -0.05) is 25.0 Å². The van der Waals surface area contributed by atoms with Crippen molar-refractivity contribution < 1.29 is 9.53 Å². The number of ether oxygens (including phenoxy) is 1. The zero-order valence-electron chi connectivity index (χ0n) is 16.2. The minimum absolute atomic E-state index is 0.300. The summed E-state index contributed by atoms with van der Waals surface area (Å²) < 4.78 is 5.62. The van der Waals surface area contributed by atoms with Crippen LogP contribution in [0.5, 0.6) is 5.75 Å². The molecule has 1 saturated heterocycles. The molecule has 0 unspecified atom stereocenters. The molecule has 1 fully saturated rings. The number of unbranched alkanes of at least 4 members (excludes halogenated alkanes) is 3. The SMILES string of the molecule is CN(C)C(=O)Oc1cccc2c1CC[C@@H]1[C@H]2CCN1CCCCCCN. The Labute approximate surface area is 157 Å². The van der Waals surface area contributed by atoms with Gasteiger partial charge in [-0.2, -0.15) is 0 Å². The molecule has 5 nitrogen and oxygen atoms in total. The number of hydrogen-bond acceptors (Lipinski definition) is 4. The number of nitrogens with two attached hydrogens (primary N) is 1. The summed E-state index contributed by atoms with van der Waals surface area (Å²) in [5, 5.41) is 0. The first-order valence-corrected chi connectivity index (χ1v) is 10.1. The number of fused-ring (bicyclic) bond motifs is 3. The highest BCUT2D eigenvalue weighted by Gasteiger charge is 2.39. The third-order valence-corrected chi connectivity index (χ3v) is 5.88. The maximum absolute atomic E-state index is 12.0. The van der Waals surface area contributed by atoms with E-state index < -0.39 is 0 Å². The number of likely N-dealkylation sites (tertiary alicyclic amines) is 1. The Bertz CT molecular complexity index is 617. The number of nitrogens with zero attached hydrogens (tertiary/aromatic N) is 2. The van der Waals surface area contributed by atoms with Crippen LogP contribution in [-0.4, -0.2) is 55.7 Å². The van der Waals surface area contributed by atoms with E-state index in [0.717, 1.165) is 31.6 Å². The smallest absolute Gasteiger partial charge is 0.410 e. The summed E-state index contributed by atoms with van der Waals surface area (Å²) in [4.78, 5) is 16.1. The van der Waals surface area contributed by atoms with E-state index in [-0.39, 0.29) is 6.09 Å². The van der Waals surface area contributed by atoms with Crippen molar-refractivity contribution in [3.8, 4) is 5.75 Å². The van der Waals surface area contributed by atoms with Gasteiger partial charge in [0, 0.05) is 26.1 Å². The predicted molar refractivity (Wildman–Crippen MR) is 105 cm³/mol. The maximum atomic E-state index is 12.0. The molecule has 0 aromatic heterocycles. The van der Waals surface area contributed by atoms with Gasteiger partial charge in [-0.05, 0) is 68.9 Å². The molecule has 2 aliphatic rings. The molecule has 1 aliphatic heterocycles. The first-order valence-electron chi connectivity index (χ1n) is 10.1. The fraction of sp³-hybridized carbons (Fsp3) is 0.667. The van der Waals surface area contributed by atoms with Crippen molar-refractivity contribution in [2.24, 2.45) is 5.73 Å². The molecule has 2 atom stereocenters. The molecule has 0 saturated carbocycles. The maximum Gasteiger partial charge on any atom is 0.414 e. The Morgan fingerprint density at radius 3 is 2.81 bits per heavy atom. The van der Waals surface area contributed by atoms with Gasteiger partial charge in [0.2, 0.25) is 0 Å². The van der Waals surface area contributed by atoms with Gasteiger partial charge in [0.15, 0.2) is 0 Å². The molecule has 1 aromatic rings. The monoisotopic (exact) mass is 359 g/mol. The number of carbonyl (C=O) groups excluding carboxylic acids is 1. The third-order valence-electron chi connectivity index (χ3n) is 5.88. The van der Waals surface area contributed by atoms with Gasteiger partial charge in [0.25, 0.3) is 0 Å². The van der Waals surface area contributed by atoms with E-state index >= 15 is 0 Å². The summed E-state index contributed by atoms with van der Waals surface area (Å²) in [6.45, 7) is 3.20. The van der Waals surface area contributed by atoms with E-state index in [9.17, 15) is 4.79 Å². The Morgan fingerprint density at radius 1 is 1.23 bits per heavy atom. The summed E-state index contributed by atoms with van der Waals surface area (Å²) in [5.41, 5.74) is 8.22. The van der Waals surface area contributed by atoms with E-state index in [4.69, 9.17) is 10.5 Å². The summed E-state index contributed by atoms with van der Waals surface area (Å²) in [7, 11) is 3.44. The molecular weight excluding hydrogens is 326 g/mol. The molecular formula is C21H33N3O2. The molecule has 1 heterocycles. The van der Waals surface area contributed by atoms with Crippen LogP contribution in [-0.2, 0) is 6.42 Å². The fourth-order valence-electron chi connectivity index (χ4n) is 4.53. The highest BCUT2D eigenvalue weighted by Crippen LogP contribution is 2.44. The minimum atomic E-state index is -0.300. The fourth-order valence-corrected chi connectivity index (χ4v) is 4.53. The van der Waals surface area contributed by atoms with Gasteiger partial charge in [0.05, 0.1) is 0 Å². The lowest BCUT2D eigenvalue weighted by Crippen LogP contribution is -2.36. The summed E-state index contributed by atoms with van der Waals surface area (Å²) in [6.07, 6.45) is 8.03. The van der Waals surface area contributed by atoms with Gasteiger partial charge in [-0.3, -0.25) is 4.90 Å². The Kier molecular flexibility index (Phi) is 6.54. The lowest BCUT2D eigenvalue weighted by molar-refractivity contribution is 0.170. The lowest BCUT2D eigenvalue weighted by Gasteiger charge is -2.34. The van der Waals surface area contributed by atoms with Crippen molar-refractivity contribution in [3.05, 3.63) is 29.3 Å². The third kappa shape index (κ3) is 4.21. The molecule has 26 heavy (non-hydrogen) atoms. The molecule has 0 bridgehead atoms. The van der Waals surface area contributed by atoms with Crippen LogP contribution in [0.25, 0.3) is 0 Å². The van der Waals surface area contributed by atoms with E-state index in [2.05, 4.69) is 11.0 Å². The van der Waals surface area contributed by atoms with Crippen molar-refractivity contribution >= 4 is 6.09 Å². The van der Waals surface area contributed by atoms with Crippen LogP contribution in [0.15, 0.2) is 18.2 Å². The van der Waals surface area contributed by atoms with E-state index in [1.54, 1.807) is 14.1 Å². The zero-order valence-corrected chi connectivity index (χ0v) is 16.2. The standard InChI is InChI=1S/C21H33N3O2/c1-23(2)21(25)26-20-9-7-8-16-17-12-15-24(14-6-4-3-5-13-22)19(17)11-10-18(16)20/h7-9,17,19H,3-6,10-15,22H2,1-2H3/t17-,19+/m0/s1. The Balaban J connectivity index is 1.64. The van der Waals surface area contributed by atoms with Crippen molar-refractivity contribution in [2.45, 2.75) is 56.9 Å². The molecule has 1 amide bonds. The van der Waals surface area contributed by atoms with Gasteiger partial charge >= 0.3 is 6.09 Å². The molecule has 0 radical (unpaired) electrons. The summed E-state index contributed by atoms with van der Waals surface area (Å²) in [6, 6.07) is 6.86. The van der Waals surface area contributed by atoms with Crippen molar-refractivity contribution in [1.29, 1.82) is 0 Å². The number of benzene rings is 1. The molecule has 3 rings (SSSR count). The normalized spacial score (nSPS) is 22.0. The zero-order chi connectivity index (χ0) is 18.5. The van der Waals surface area contributed by atoms with Crippen molar-refractivity contribution in [1.82, 2.24) is 9.80 Å². The molecule has 1 aliphatic carbocycles. The molecule has 5 heteroatoms. The largest absolute Gasteiger partial charge is 0.414 e. The average molecular weight is 360 g/mol. The second kappa shape index (κ2) is 8.87. The van der Waals surface area contributed by atoms with Crippen LogP contribution in [0.4, 0.5) is 4.79 Å². The minimum Gasteiger partial charge on any atom is -0.410 e. The molecule has 2 N–H and O–H groups in total. The van der Waals surface area contributed by atoms with Crippen molar-refractivity contribution in [2.75, 3.05) is 33.7 Å².